The summed E-state index contributed by atoms with van der Waals surface area (Å²) < 4.78 is 19.6. The van der Waals surface area contributed by atoms with E-state index in [1.165, 1.54) is 18.3 Å². The van der Waals surface area contributed by atoms with Gasteiger partial charge in [0.25, 0.3) is 0 Å². The lowest BCUT2D eigenvalue weighted by Gasteiger charge is -2.25. The summed E-state index contributed by atoms with van der Waals surface area (Å²) in [5, 5.41) is 10.3. The monoisotopic (exact) mass is 455 g/mol. The molecule has 32 heavy (non-hydrogen) atoms. The number of nitrogens with zero attached hydrogens (tertiary/aromatic N) is 3. The quantitative estimate of drug-likeness (QED) is 0.528. The summed E-state index contributed by atoms with van der Waals surface area (Å²) in [5.41, 5.74) is 2.85. The first kappa shape index (κ1) is 22.0. The molecule has 0 aliphatic carbocycles. The molecule has 1 fully saturated rings. The summed E-state index contributed by atoms with van der Waals surface area (Å²) in [6, 6.07) is 10.0. The van der Waals surface area contributed by atoms with E-state index in [0.29, 0.717) is 23.3 Å². The average molecular weight is 456 g/mol. The van der Waals surface area contributed by atoms with Crippen LogP contribution in [0.4, 0.5) is 10.3 Å². The third kappa shape index (κ3) is 4.53. The van der Waals surface area contributed by atoms with Crippen LogP contribution in [-0.4, -0.2) is 27.6 Å². The van der Waals surface area contributed by atoms with Crippen LogP contribution < -0.4 is 9.64 Å². The summed E-state index contributed by atoms with van der Waals surface area (Å²) >= 11 is 6.22. The van der Waals surface area contributed by atoms with Crippen molar-refractivity contribution in [2.75, 3.05) is 11.4 Å². The van der Waals surface area contributed by atoms with Crippen LogP contribution in [0.3, 0.4) is 0 Å². The number of hydrogen-bond acceptors (Lipinski definition) is 5. The normalized spacial score (nSPS) is 15.8. The molecule has 1 aliphatic heterocycles. The van der Waals surface area contributed by atoms with Crippen molar-refractivity contribution in [1.82, 2.24) is 9.97 Å². The van der Waals surface area contributed by atoms with Crippen LogP contribution in [0.15, 0.2) is 42.6 Å². The summed E-state index contributed by atoms with van der Waals surface area (Å²) in [5.74, 6) is -0.426. The zero-order valence-corrected chi connectivity index (χ0v) is 18.6. The number of carboxylic acid groups (broad SMARTS) is 1. The van der Waals surface area contributed by atoms with E-state index in [1.54, 1.807) is 18.2 Å². The Morgan fingerprint density at radius 2 is 2.03 bits per heavy atom. The van der Waals surface area contributed by atoms with Crippen LogP contribution in [0.25, 0.3) is 0 Å². The third-order valence-corrected chi connectivity index (χ3v) is 6.21. The molecule has 166 valence electrons. The van der Waals surface area contributed by atoms with Crippen LogP contribution in [-0.2, 0) is 6.61 Å². The molecule has 6 nitrogen and oxygen atoms in total. The predicted octanol–water partition coefficient (Wildman–Crippen LogP) is 5.50. The molecule has 1 aromatic heterocycles. The second-order valence-corrected chi connectivity index (χ2v) is 8.28. The van der Waals surface area contributed by atoms with Crippen molar-refractivity contribution in [1.29, 1.82) is 0 Å². The maximum absolute atomic E-state index is 13.8. The summed E-state index contributed by atoms with van der Waals surface area (Å²) in [6.07, 6.45) is 3.05. The number of rotatable bonds is 6. The molecule has 0 radical (unpaired) electrons. The highest BCUT2D eigenvalue weighted by Gasteiger charge is 2.29. The van der Waals surface area contributed by atoms with Crippen molar-refractivity contribution in [3.63, 3.8) is 0 Å². The second kappa shape index (κ2) is 9.12. The molecule has 1 N–H and O–H groups in total. The molecule has 0 bridgehead atoms. The van der Waals surface area contributed by atoms with E-state index in [4.69, 9.17) is 16.3 Å². The van der Waals surface area contributed by atoms with Crippen LogP contribution in [0, 0.1) is 19.7 Å². The number of aromatic carboxylic acids is 1. The Labute approximate surface area is 190 Å². The Bertz CT molecular complexity index is 1150. The van der Waals surface area contributed by atoms with Gasteiger partial charge in [0.05, 0.1) is 11.7 Å². The second-order valence-electron chi connectivity index (χ2n) is 7.90. The van der Waals surface area contributed by atoms with Gasteiger partial charge in [-0.05, 0) is 67.6 Å². The Morgan fingerprint density at radius 3 is 2.72 bits per heavy atom. The molecule has 8 heteroatoms. The van der Waals surface area contributed by atoms with E-state index in [0.717, 1.165) is 29.5 Å². The molecule has 0 amide bonds. The van der Waals surface area contributed by atoms with Gasteiger partial charge in [0, 0.05) is 17.8 Å². The number of benzene rings is 2. The summed E-state index contributed by atoms with van der Waals surface area (Å²) in [6.45, 7) is 4.43. The van der Waals surface area contributed by atoms with E-state index in [1.807, 2.05) is 24.8 Å². The highest BCUT2D eigenvalue weighted by molar-refractivity contribution is 6.32. The van der Waals surface area contributed by atoms with Gasteiger partial charge in [-0.15, -0.1) is 0 Å². The molecule has 1 aliphatic rings. The molecular formula is C24H23ClFN3O3. The summed E-state index contributed by atoms with van der Waals surface area (Å²) in [4.78, 5) is 22.6. The number of aromatic nitrogens is 2. The first-order chi connectivity index (χ1) is 15.3. The number of hydrogen-bond donors (Lipinski definition) is 1. The molecule has 0 saturated carbocycles. The number of anilines is 1. The maximum atomic E-state index is 13.8. The Kier molecular flexibility index (Phi) is 6.28. The van der Waals surface area contributed by atoms with Crippen molar-refractivity contribution in [2.45, 2.75) is 39.3 Å². The molecule has 1 atom stereocenters. The van der Waals surface area contributed by atoms with Gasteiger partial charge >= 0.3 is 5.97 Å². The lowest BCUT2D eigenvalue weighted by atomic mass is 10.0. The first-order valence-electron chi connectivity index (χ1n) is 10.3. The van der Waals surface area contributed by atoms with E-state index < -0.39 is 5.97 Å². The van der Waals surface area contributed by atoms with Gasteiger partial charge in [-0.25, -0.2) is 19.2 Å². The number of ether oxygens (including phenoxy) is 1. The van der Waals surface area contributed by atoms with Crippen molar-refractivity contribution >= 4 is 23.5 Å². The van der Waals surface area contributed by atoms with Crippen LogP contribution in [0.2, 0.25) is 5.02 Å². The minimum atomic E-state index is -1.12. The Morgan fingerprint density at radius 1 is 1.28 bits per heavy atom. The Balaban J connectivity index is 1.62. The highest BCUT2D eigenvalue weighted by Crippen LogP contribution is 2.35. The fraction of sp³-hybridized carbons (Fsp3) is 0.292. The van der Waals surface area contributed by atoms with Crippen LogP contribution >= 0.6 is 11.6 Å². The van der Waals surface area contributed by atoms with Gasteiger partial charge in [-0.2, -0.15) is 0 Å². The van der Waals surface area contributed by atoms with Crippen LogP contribution in [0.1, 0.15) is 51.6 Å². The van der Waals surface area contributed by atoms with Gasteiger partial charge in [0.2, 0.25) is 5.95 Å². The van der Waals surface area contributed by atoms with Gasteiger partial charge in [0.15, 0.2) is 0 Å². The van der Waals surface area contributed by atoms with Crippen molar-refractivity contribution < 1.29 is 19.0 Å². The lowest BCUT2D eigenvalue weighted by molar-refractivity contribution is 0.0692. The van der Waals surface area contributed by atoms with E-state index in [9.17, 15) is 14.3 Å². The van der Waals surface area contributed by atoms with Crippen molar-refractivity contribution in [2.24, 2.45) is 0 Å². The van der Waals surface area contributed by atoms with Gasteiger partial charge in [0.1, 0.15) is 23.7 Å². The van der Waals surface area contributed by atoms with Gasteiger partial charge < -0.3 is 14.7 Å². The van der Waals surface area contributed by atoms with Crippen LogP contribution in [0.5, 0.6) is 5.75 Å². The minimum absolute atomic E-state index is 0.0161. The Hall–Kier alpha value is -3.19. The maximum Gasteiger partial charge on any atom is 0.339 e. The largest absolute Gasteiger partial charge is 0.487 e. The van der Waals surface area contributed by atoms with Crippen molar-refractivity contribution in [3.05, 3.63) is 81.4 Å². The molecular weight excluding hydrogens is 433 g/mol. The fourth-order valence-corrected chi connectivity index (χ4v) is 4.15. The molecule has 4 rings (SSSR count). The lowest BCUT2D eigenvalue weighted by Crippen LogP contribution is -2.26. The van der Waals surface area contributed by atoms with E-state index >= 15 is 0 Å². The zero-order chi connectivity index (χ0) is 22.8. The molecule has 2 heterocycles. The number of carbonyl (C=O) groups is 1. The molecule has 3 aromatic rings. The molecule has 0 unspecified atom stereocenters. The average Bonchev–Trinajstić information content (AvgIpc) is 3.25. The van der Waals surface area contributed by atoms with Crippen molar-refractivity contribution in [3.8, 4) is 5.75 Å². The molecule has 1 saturated heterocycles. The first-order valence-corrected chi connectivity index (χ1v) is 10.7. The van der Waals surface area contributed by atoms with E-state index in [-0.39, 0.29) is 29.7 Å². The number of aryl methyl sites for hydroxylation is 2. The third-order valence-electron chi connectivity index (χ3n) is 5.61. The zero-order valence-electron chi connectivity index (χ0n) is 17.8. The topological polar surface area (TPSA) is 75.5 Å². The van der Waals surface area contributed by atoms with Gasteiger partial charge in [-0.3, -0.25) is 0 Å². The molecule has 0 spiro atoms. The SMILES string of the molecule is Cc1cc(OCc2nc(N3CCC[C@H]3c3cccc(F)c3)ncc2C(=O)O)cc(C)c1Cl. The predicted molar refractivity (Wildman–Crippen MR) is 120 cm³/mol. The van der Waals surface area contributed by atoms with Gasteiger partial charge in [-0.1, -0.05) is 23.7 Å². The minimum Gasteiger partial charge on any atom is -0.487 e. The number of carboxylic acids is 1. The summed E-state index contributed by atoms with van der Waals surface area (Å²) in [7, 11) is 0. The number of halogens is 2. The van der Waals surface area contributed by atoms with E-state index in [2.05, 4.69) is 9.97 Å². The molecule has 2 aromatic carbocycles. The smallest absolute Gasteiger partial charge is 0.339 e. The highest BCUT2D eigenvalue weighted by atomic mass is 35.5. The standard InChI is InChI=1S/C24H23ClFN3O3/c1-14-9-18(10-15(2)22(14)25)32-13-20-19(23(30)31)12-27-24(28-20)29-8-4-7-21(29)16-5-3-6-17(26)11-16/h3,5-6,9-12,21H,4,7-8,13H2,1-2H3,(H,30,31)/t21-/m0/s1. The fourth-order valence-electron chi connectivity index (χ4n) is 4.04.